The maximum absolute atomic E-state index is 5.56. The van der Waals surface area contributed by atoms with Gasteiger partial charge in [0.2, 0.25) is 0 Å². The number of ether oxygens (including phenoxy) is 1. The van der Waals surface area contributed by atoms with E-state index in [4.69, 9.17) is 4.74 Å². The van der Waals surface area contributed by atoms with Gasteiger partial charge < -0.3 is 10.1 Å². The molecule has 1 fully saturated rings. The van der Waals surface area contributed by atoms with Crippen LogP contribution in [-0.4, -0.2) is 25.3 Å². The summed E-state index contributed by atoms with van der Waals surface area (Å²) in [6.07, 6.45) is 1.04. The van der Waals surface area contributed by atoms with Gasteiger partial charge in [-0.3, -0.25) is 0 Å². The number of hydrogen-bond donors (Lipinski definition) is 1. The second kappa shape index (κ2) is 4.56. The molecule has 1 heterocycles. The molecule has 0 radical (unpaired) electrons. The van der Waals surface area contributed by atoms with Gasteiger partial charge in [-0.2, -0.15) is 0 Å². The molecule has 1 unspecified atom stereocenters. The average Bonchev–Trinajstić information content (AvgIpc) is 2.24. The Kier molecular flexibility index (Phi) is 3.31. The van der Waals surface area contributed by atoms with Gasteiger partial charge in [0.25, 0.3) is 0 Å². The third kappa shape index (κ3) is 2.63. The van der Waals surface area contributed by atoms with E-state index in [0.29, 0.717) is 0 Å². The maximum Gasteiger partial charge on any atom is 0.0649 e. The molecular formula is C14H21NO. The minimum absolute atomic E-state index is 0.0941. The molecule has 0 saturated carbocycles. The molecule has 2 heteroatoms. The summed E-state index contributed by atoms with van der Waals surface area (Å²) in [5.74, 6) is 0. The molecule has 0 bridgehead atoms. The number of morpholine rings is 1. The minimum Gasteiger partial charge on any atom is -0.378 e. The van der Waals surface area contributed by atoms with Crippen LogP contribution >= 0.6 is 0 Å². The Morgan fingerprint density at radius 3 is 2.88 bits per heavy atom. The molecule has 0 aromatic heterocycles. The van der Waals surface area contributed by atoms with E-state index < -0.39 is 0 Å². The summed E-state index contributed by atoms with van der Waals surface area (Å²) < 4.78 is 5.56. The Bertz CT molecular complexity index is 367. The maximum atomic E-state index is 5.56. The zero-order valence-corrected chi connectivity index (χ0v) is 10.5. The van der Waals surface area contributed by atoms with Gasteiger partial charge in [0.05, 0.1) is 13.2 Å². The van der Waals surface area contributed by atoms with Crippen molar-refractivity contribution in [2.45, 2.75) is 32.7 Å². The predicted octanol–water partition coefficient (Wildman–Crippen LogP) is 2.22. The highest BCUT2D eigenvalue weighted by Crippen LogP contribution is 2.20. The lowest BCUT2D eigenvalue weighted by atomic mass is 9.90. The van der Waals surface area contributed by atoms with E-state index in [-0.39, 0.29) is 5.54 Å². The fraction of sp³-hybridized carbons (Fsp3) is 0.571. The van der Waals surface area contributed by atoms with Crippen molar-refractivity contribution in [2.24, 2.45) is 0 Å². The molecule has 1 aliphatic heterocycles. The topological polar surface area (TPSA) is 21.3 Å². The number of nitrogens with one attached hydrogen (secondary N) is 1. The first kappa shape index (κ1) is 11.6. The second-order valence-corrected chi connectivity index (χ2v) is 5.15. The molecule has 2 rings (SSSR count). The van der Waals surface area contributed by atoms with Crippen molar-refractivity contribution in [3.63, 3.8) is 0 Å². The number of rotatable bonds is 2. The zero-order chi connectivity index (χ0) is 11.6. The van der Waals surface area contributed by atoms with Crippen molar-refractivity contribution in [2.75, 3.05) is 19.8 Å². The Labute approximate surface area is 98.0 Å². The van der Waals surface area contributed by atoms with Crippen LogP contribution in [-0.2, 0) is 11.2 Å². The third-order valence-electron chi connectivity index (χ3n) is 3.30. The normalized spacial score (nSPS) is 25.7. The Morgan fingerprint density at radius 1 is 1.38 bits per heavy atom. The molecule has 0 aliphatic carbocycles. The molecular weight excluding hydrogens is 198 g/mol. The van der Waals surface area contributed by atoms with Gasteiger partial charge in [-0.05, 0) is 38.3 Å². The molecule has 16 heavy (non-hydrogen) atoms. The third-order valence-corrected chi connectivity index (χ3v) is 3.30. The van der Waals surface area contributed by atoms with Gasteiger partial charge in [0, 0.05) is 12.1 Å². The van der Waals surface area contributed by atoms with Crippen LogP contribution < -0.4 is 5.32 Å². The lowest BCUT2D eigenvalue weighted by Crippen LogP contribution is -2.53. The van der Waals surface area contributed by atoms with Crippen LogP contribution in [0.5, 0.6) is 0 Å². The minimum atomic E-state index is 0.0941. The highest BCUT2D eigenvalue weighted by molar-refractivity contribution is 5.32. The van der Waals surface area contributed by atoms with Crippen molar-refractivity contribution in [1.82, 2.24) is 5.32 Å². The summed E-state index contributed by atoms with van der Waals surface area (Å²) in [5, 5.41) is 3.57. The quantitative estimate of drug-likeness (QED) is 0.823. The van der Waals surface area contributed by atoms with Crippen LogP contribution in [0.1, 0.15) is 23.6 Å². The largest absolute Gasteiger partial charge is 0.378 e. The molecule has 1 aliphatic rings. The highest BCUT2D eigenvalue weighted by Gasteiger charge is 2.27. The zero-order valence-electron chi connectivity index (χ0n) is 10.5. The lowest BCUT2D eigenvalue weighted by Gasteiger charge is -2.35. The molecule has 0 amide bonds. The Balaban J connectivity index is 2.15. The number of aryl methyl sites for hydroxylation is 2. The summed E-state index contributed by atoms with van der Waals surface area (Å²) in [6.45, 7) is 9.18. The van der Waals surface area contributed by atoms with Crippen molar-refractivity contribution in [3.8, 4) is 0 Å². The molecule has 88 valence electrons. The predicted molar refractivity (Wildman–Crippen MR) is 66.8 cm³/mol. The molecule has 1 aromatic carbocycles. The van der Waals surface area contributed by atoms with Crippen LogP contribution in [0.25, 0.3) is 0 Å². The van der Waals surface area contributed by atoms with Gasteiger partial charge in [0.15, 0.2) is 0 Å². The van der Waals surface area contributed by atoms with Crippen LogP contribution in [0.3, 0.4) is 0 Å². The van der Waals surface area contributed by atoms with E-state index in [1.807, 2.05) is 0 Å². The summed E-state index contributed by atoms with van der Waals surface area (Å²) in [5.41, 5.74) is 4.23. The second-order valence-electron chi connectivity index (χ2n) is 5.15. The molecule has 1 atom stereocenters. The Hall–Kier alpha value is -0.860. The van der Waals surface area contributed by atoms with E-state index in [1.54, 1.807) is 0 Å². The first-order valence-corrected chi connectivity index (χ1v) is 5.98. The molecule has 1 saturated heterocycles. The van der Waals surface area contributed by atoms with E-state index in [1.165, 1.54) is 16.7 Å². The smallest absolute Gasteiger partial charge is 0.0649 e. The van der Waals surface area contributed by atoms with Crippen LogP contribution in [0, 0.1) is 13.8 Å². The van der Waals surface area contributed by atoms with Gasteiger partial charge in [-0.1, -0.05) is 23.8 Å². The number of hydrogen-bond acceptors (Lipinski definition) is 2. The van der Waals surface area contributed by atoms with Crippen molar-refractivity contribution in [1.29, 1.82) is 0 Å². The van der Waals surface area contributed by atoms with Gasteiger partial charge in [-0.25, -0.2) is 0 Å². The fourth-order valence-corrected chi connectivity index (χ4v) is 2.30. The van der Waals surface area contributed by atoms with Crippen LogP contribution in [0.4, 0.5) is 0 Å². The number of benzene rings is 1. The van der Waals surface area contributed by atoms with Gasteiger partial charge in [0.1, 0.15) is 0 Å². The van der Waals surface area contributed by atoms with Gasteiger partial charge >= 0.3 is 0 Å². The van der Waals surface area contributed by atoms with Crippen molar-refractivity contribution >= 4 is 0 Å². The summed E-state index contributed by atoms with van der Waals surface area (Å²) in [6, 6.07) is 6.67. The molecule has 1 N–H and O–H groups in total. The van der Waals surface area contributed by atoms with Crippen molar-refractivity contribution < 1.29 is 4.74 Å². The highest BCUT2D eigenvalue weighted by atomic mass is 16.5. The standard InChI is InChI=1S/C14H21NO/c1-11-4-5-12(2)13(8-11)9-14(3)10-16-7-6-15-14/h4-5,8,15H,6-7,9-10H2,1-3H3. The van der Waals surface area contributed by atoms with E-state index in [9.17, 15) is 0 Å². The SMILES string of the molecule is Cc1ccc(C)c(CC2(C)COCCN2)c1. The summed E-state index contributed by atoms with van der Waals surface area (Å²) in [4.78, 5) is 0. The van der Waals surface area contributed by atoms with E-state index in [2.05, 4.69) is 44.3 Å². The van der Waals surface area contributed by atoms with Crippen LogP contribution in [0.2, 0.25) is 0 Å². The average molecular weight is 219 g/mol. The molecule has 2 nitrogen and oxygen atoms in total. The fourth-order valence-electron chi connectivity index (χ4n) is 2.30. The Morgan fingerprint density at radius 2 is 2.19 bits per heavy atom. The molecule has 1 aromatic rings. The summed E-state index contributed by atoms with van der Waals surface area (Å²) >= 11 is 0. The van der Waals surface area contributed by atoms with Gasteiger partial charge in [-0.15, -0.1) is 0 Å². The van der Waals surface area contributed by atoms with Crippen LogP contribution in [0.15, 0.2) is 18.2 Å². The first-order chi connectivity index (χ1) is 7.59. The first-order valence-electron chi connectivity index (χ1n) is 5.98. The lowest BCUT2D eigenvalue weighted by molar-refractivity contribution is 0.0355. The van der Waals surface area contributed by atoms with Crippen molar-refractivity contribution in [3.05, 3.63) is 34.9 Å². The van der Waals surface area contributed by atoms with E-state index in [0.717, 1.165) is 26.2 Å². The summed E-state index contributed by atoms with van der Waals surface area (Å²) in [7, 11) is 0. The molecule has 0 spiro atoms. The monoisotopic (exact) mass is 219 g/mol. The van der Waals surface area contributed by atoms with E-state index >= 15 is 0 Å².